The maximum Gasteiger partial charge on any atom is 0.204 e. The smallest absolute Gasteiger partial charge is 0.204 e. The van der Waals surface area contributed by atoms with Crippen molar-refractivity contribution >= 4 is 11.5 Å². The average Bonchev–Trinajstić information content (AvgIpc) is 2.67. The number of aliphatic hydroxyl groups excluding tert-OH is 3. The third-order valence-electron chi connectivity index (χ3n) is 2.80. The van der Waals surface area contributed by atoms with Crippen LogP contribution in [0.4, 0.5) is 11.5 Å². The van der Waals surface area contributed by atoms with Gasteiger partial charge in [0.15, 0.2) is 12.0 Å². The van der Waals surface area contributed by atoms with E-state index in [-0.39, 0.29) is 0 Å². The molecule has 4 atom stereocenters. The van der Waals surface area contributed by atoms with E-state index < -0.39 is 31.1 Å². The highest BCUT2D eigenvalue weighted by molar-refractivity contribution is 5.54. The summed E-state index contributed by atoms with van der Waals surface area (Å²) in [5.74, 6) is 0.315. The fourth-order valence-electron chi connectivity index (χ4n) is 1.80. The molecule has 0 saturated carbocycles. The average molecular weight is 258 g/mol. The first-order valence-electron chi connectivity index (χ1n) is 5.48. The van der Waals surface area contributed by atoms with Crippen LogP contribution in [0, 0.1) is 0 Å². The zero-order valence-electron chi connectivity index (χ0n) is 9.47. The second-order valence-electron chi connectivity index (χ2n) is 3.97. The number of nitrogens with zero attached hydrogens (tertiary/aromatic N) is 1. The number of aliphatic hydroxyl groups is 3. The van der Waals surface area contributed by atoms with Crippen molar-refractivity contribution in [3.05, 3.63) is 18.3 Å². The summed E-state index contributed by atoms with van der Waals surface area (Å²) in [6.45, 7) is -0.391. The number of ether oxygens (including phenoxy) is 1. The van der Waals surface area contributed by atoms with Gasteiger partial charge in [-0.1, -0.05) is 0 Å². The van der Waals surface area contributed by atoms with Gasteiger partial charge in [0.1, 0.15) is 18.3 Å². The number of hydrogen-bond donors (Lipinski definition) is 6. The SMILES string of the molecule is OCC1OC(Nc2ncccc2[NH2+]O)[C@H](O)[C@@H]1O. The first kappa shape index (κ1) is 13.1. The predicted molar refractivity (Wildman–Crippen MR) is 59.0 cm³/mol. The molecule has 0 bridgehead atoms. The van der Waals surface area contributed by atoms with Gasteiger partial charge in [0.05, 0.1) is 6.61 Å². The Balaban J connectivity index is 2.10. The summed E-state index contributed by atoms with van der Waals surface area (Å²) < 4.78 is 5.24. The lowest BCUT2D eigenvalue weighted by Crippen LogP contribution is -2.74. The minimum absolute atomic E-state index is 0.315. The predicted octanol–water partition coefficient (Wildman–Crippen LogP) is -2.48. The minimum Gasteiger partial charge on any atom is -0.394 e. The highest BCUT2D eigenvalue weighted by Crippen LogP contribution is 2.23. The number of aromatic nitrogens is 1. The molecule has 1 saturated heterocycles. The highest BCUT2D eigenvalue weighted by Gasteiger charge is 2.42. The van der Waals surface area contributed by atoms with Gasteiger partial charge in [0.2, 0.25) is 5.69 Å². The van der Waals surface area contributed by atoms with E-state index >= 15 is 0 Å². The Morgan fingerprint density at radius 3 is 2.78 bits per heavy atom. The van der Waals surface area contributed by atoms with Crippen LogP contribution in [0.15, 0.2) is 18.3 Å². The molecule has 2 heterocycles. The fraction of sp³-hybridized carbons (Fsp3) is 0.500. The van der Waals surface area contributed by atoms with E-state index in [0.29, 0.717) is 11.5 Å². The molecule has 100 valence electrons. The van der Waals surface area contributed by atoms with Gasteiger partial charge in [0, 0.05) is 12.3 Å². The summed E-state index contributed by atoms with van der Waals surface area (Å²) in [5.41, 5.74) is 1.30. The molecule has 1 aromatic rings. The molecule has 18 heavy (non-hydrogen) atoms. The lowest BCUT2D eigenvalue weighted by Gasteiger charge is -2.17. The molecular weight excluding hydrogens is 242 g/mol. The van der Waals surface area contributed by atoms with Crippen LogP contribution in [-0.2, 0) is 4.74 Å². The van der Waals surface area contributed by atoms with Crippen LogP contribution in [0.1, 0.15) is 0 Å². The second kappa shape index (κ2) is 5.57. The van der Waals surface area contributed by atoms with Gasteiger partial charge in [0.25, 0.3) is 0 Å². The quantitative estimate of drug-likeness (QED) is 0.329. The number of rotatable bonds is 4. The van der Waals surface area contributed by atoms with E-state index in [0.717, 1.165) is 5.48 Å². The summed E-state index contributed by atoms with van der Waals surface area (Å²) >= 11 is 0. The van der Waals surface area contributed by atoms with Crippen molar-refractivity contribution in [3.8, 4) is 0 Å². The van der Waals surface area contributed by atoms with Crippen LogP contribution < -0.4 is 10.8 Å². The van der Waals surface area contributed by atoms with E-state index in [1.165, 1.54) is 6.20 Å². The summed E-state index contributed by atoms with van der Waals surface area (Å²) in [4.78, 5) is 3.99. The van der Waals surface area contributed by atoms with Crippen molar-refractivity contribution in [2.45, 2.75) is 24.5 Å². The number of nitrogens with one attached hydrogen (secondary N) is 1. The zero-order chi connectivity index (χ0) is 13.1. The Hall–Kier alpha value is -1.29. The van der Waals surface area contributed by atoms with Crippen LogP contribution in [-0.4, -0.2) is 56.7 Å². The van der Waals surface area contributed by atoms with Crippen LogP contribution in [0.25, 0.3) is 0 Å². The topological polar surface area (TPSA) is 132 Å². The molecule has 8 heteroatoms. The molecule has 1 aromatic heterocycles. The summed E-state index contributed by atoms with van der Waals surface area (Å²) in [6.07, 6.45) is -2.58. The van der Waals surface area contributed by atoms with Crippen LogP contribution >= 0.6 is 0 Å². The highest BCUT2D eigenvalue weighted by atomic mass is 16.6. The van der Waals surface area contributed by atoms with Gasteiger partial charge in [-0.3, -0.25) is 0 Å². The number of anilines is 1. The molecule has 0 amide bonds. The Morgan fingerprint density at radius 2 is 2.17 bits per heavy atom. The largest absolute Gasteiger partial charge is 0.394 e. The molecule has 2 rings (SSSR count). The van der Waals surface area contributed by atoms with Gasteiger partial charge in [-0.15, -0.1) is 0 Å². The van der Waals surface area contributed by atoms with E-state index in [9.17, 15) is 10.2 Å². The van der Waals surface area contributed by atoms with Gasteiger partial charge in [-0.2, -0.15) is 5.48 Å². The monoisotopic (exact) mass is 258 g/mol. The van der Waals surface area contributed by atoms with Gasteiger partial charge >= 0.3 is 0 Å². The van der Waals surface area contributed by atoms with Crippen molar-refractivity contribution < 1.29 is 30.7 Å². The molecule has 0 aromatic carbocycles. The normalized spacial score (nSPS) is 31.6. The molecular formula is C10H16N3O5+. The molecule has 1 fully saturated rings. The Kier molecular flexibility index (Phi) is 4.07. The van der Waals surface area contributed by atoms with Gasteiger partial charge in [-0.25, -0.2) is 10.2 Å². The molecule has 0 spiro atoms. The van der Waals surface area contributed by atoms with Gasteiger partial charge in [-0.05, 0) is 6.07 Å². The maximum atomic E-state index is 9.73. The van der Waals surface area contributed by atoms with Gasteiger partial charge < -0.3 is 25.4 Å². The van der Waals surface area contributed by atoms with E-state index in [1.54, 1.807) is 12.1 Å². The van der Waals surface area contributed by atoms with Crippen molar-refractivity contribution in [1.29, 1.82) is 0 Å². The minimum atomic E-state index is -1.18. The molecule has 1 aliphatic heterocycles. The number of hydrogen-bond acceptors (Lipinski definition) is 7. The molecule has 0 radical (unpaired) electrons. The van der Waals surface area contributed by atoms with E-state index in [4.69, 9.17) is 15.1 Å². The number of nitrogens with two attached hydrogens (primary N) is 1. The van der Waals surface area contributed by atoms with E-state index in [1.807, 2.05) is 0 Å². The first-order chi connectivity index (χ1) is 8.67. The Morgan fingerprint density at radius 1 is 1.39 bits per heavy atom. The maximum absolute atomic E-state index is 9.73. The molecule has 7 N–H and O–H groups in total. The number of pyridine rings is 1. The van der Waals surface area contributed by atoms with Crippen LogP contribution in [0.2, 0.25) is 0 Å². The standard InChI is InChI=1S/C10H15N3O5/c14-4-6-7(15)8(16)10(18-6)12-9-5(13-17)2-1-3-11-9/h1-3,6-8,10,13-17H,4H2,(H,11,12)/p+1/t6?,7-,8-,10?/m1/s1. The third kappa shape index (κ3) is 2.43. The fourth-order valence-corrected chi connectivity index (χ4v) is 1.80. The third-order valence-corrected chi connectivity index (χ3v) is 2.80. The van der Waals surface area contributed by atoms with Crippen molar-refractivity contribution in [1.82, 2.24) is 4.98 Å². The van der Waals surface area contributed by atoms with E-state index in [2.05, 4.69) is 10.3 Å². The molecule has 1 aliphatic rings. The zero-order valence-corrected chi connectivity index (χ0v) is 9.47. The Labute approximate surface area is 103 Å². The van der Waals surface area contributed by atoms with Crippen molar-refractivity contribution in [2.75, 3.05) is 11.9 Å². The summed E-state index contributed by atoms with van der Waals surface area (Å²) in [5, 5.41) is 40.0. The van der Waals surface area contributed by atoms with Crippen LogP contribution in [0.5, 0.6) is 0 Å². The number of quaternary nitrogens is 1. The molecule has 0 aliphatic carbocycles. The molecule has 2 unspecified atom stereocenters. The summed E-state index contributed by atoms with van der Waals surface area (Å²) in [7, 11) is 0. The molecule has 8 nitrogen and oxygen atoms in total. The van der Waals surface area contributed by atoms with Crippen LogP contribution in [0.3, 0.4) is 0 Å². The lowest BCUT2D eigenvalue weighted by molar-refractivity contribution is -0.825. The van der Waals surface area contributed by atoms with Crippen molar-refractivity contribution in [3.63, 3.8) is 0 Å². The van der Waals surface area contributed by atoms with Crippen molar-refractivity contribution in [2.24, 2.45) is 0 Å². The first-order valence-corrected chi connectivity index (χ1v) is 5.48. The Bertz CT molecular complexity index is 405. The lowest BCUT2D eigenvalue weighted by atomic mass is 10.1. The summed E-state index contributed by atoms with van der Waals surface area (Å²) in [6, 6.07) is 3.27. The second-order valence-corrected chi connectivity index (χ2v) is 3.97.